The van der Waals surface area contributed by atoms with Crippen LogP contribution in [-0.2, 0) is 4.74 Å². The molecule has 1 aliphatic heterocycles. The van der Waals surface area contributed by atoms with Crippen molar-refractivity contribution in [3.05, 3.63) is 22.7 Å². The van der Waals surface area contributed by atoms with E-state index in [0.717, 1.165) is 4.90 Å². The maximum absolute atomic E-state index is 13.7. The quantitative estimate of drug-likeness (QED) is 0.839. The van der Waals surface area contributed by atoms with Crippen molar-refractivity contribution in [2.24, 2.45) is 5.73 Å². The summed E-state index contributed by atoms with van der Waals surface area (Å²) in [4.78, 5) is 31.8. The Morgan fingerprint density at radius 3 is 2.91 bits per heavy atom. The number of hydrogen-bond acceptors (Lipinski definition) is 5. The van der Waals surface area contributed by atoms with Gasteiger partial charge in [-0.1, -0.05) is 0 Å². The van der Waals surface area contributed by atoms with E-state index in [9.17, 15) is 18.4 Å². The molecule has 2 amide bonds. The van der Waals surface area contributed by atoms with E-state index in [1.54, 1.807) is 6.92 Å². The lowest BCUT2D eigenvalue weighted by molar-refractivity contribution is -0.0789. The third-order valence-electron chi connectivity index (χ3n) is 3.51. The highest BCUT2D eigenvalue weighted by Crippen LogP contribution is 2.31. The minimum atomic E-state index is -3.02. The maximum atomic E-state index is 13.7. The number of carbonyl (C=O) groups excluding carboxylic acids is 2. The zero-order valence-electron chi connectivity index (χ0n) is 12.3. The molecule has 0 saturated carbocycles. The number of nitrogens with zero attached hydrogens (tertiary/aromatic N) is 3. The van der Waals surface area contributed by atoms with Crippen LogP contribution in [0.25, 0.3) is 0 Å². The molecule has 0 aliphatic carbocycles. The van der Waals surface area contributed by atoms with E-state index in [2.05, 4.69) is 14.7 Å². The Morgan fingerprint density at radius 1 is 1.57 bits per heavy atom. The van der Waals surface area contributed by atoms with Crippen molar-refractivity contribution in [3.63, 3.8) is 0 Å². The molecule has 1 aromatic heterocycles. The lowest BCUT2D eigenvalue weighted by Gasteiger charge is -2.39. The van der Waals surface area contributed by atoms with Crippen LogP contribution < -0.4 is 5.73 Å². The molecule has 2 rings (SSSR count). The minimum Gasteiger partial charge on any atom is -0.448 e. The first-order chi connectivity index (χ1) is 10.7. The minimum absolute atomic E-state index is 0.0239. The molecule has 126 valence electrons. The van der Waals surface area contributed by atoms with Gasteiger partial charge in [-0.25, -0.2) is 23.5 Å². The molecule has 2 N–H and O–H groups in total. The summed E-state index contributed by atoms with van der Waals surface area (Å²) < 4.78 is 32.1. The van der Waals surface area contributed by atoms with Crippen molar-refractivity contribution in [2.75, 3.05) is 13.2 Å². The van der Waals surface area contributed by atoms with Crippen molar-refractivity contribution in [2.45, 2.75) is 31.7 Å². The van der Waals surface area contributed by atoms with Gasteiger partial charge >= 0.3 is 6.09 Å². The predicted molar refractivity (Wildman–Crippen MR) is 76.3 cm³/mol. The maximum Gasteiger partial charge on any atom is 0.404 e. The molecule has 0 spiro atoms. The Balaban J connectivity index is 2.27. The van der Waals surface area contributed by atoms with Crippen LogP contribution >= 0.6 is 11.6 Å². The molecule has 1 saturated heterocycles. The third-order valence-corrected chi connectivity index (χ3v) is 3.69. The number of aryl methyl sites for hydroxylation is 1. The summed E-state index contributed by atoms with van der Waals surface area (Å²) in [6.45, 7) is 0.523. The van der Waals surface area contributed by atoms with Gasteiger partial charge in [0.2, 0.25) is 5.28 Å². The molecule has 7 nitrogen and oxygen atoms in total. The lowest BCUT2D eigenvalue weighted by atomic mass is 9.99. The van der Waals surface area contributed by atoms with Crippen molar-refractivity contribution in [1.82, 2.24) is 14.9 Å². The highest BCUT2D eigenvalue weighted by Gasteiger charge is 2.43. The van der Waals surface area contributed by atoms with E-state index in [4.69, 9.17) is 17.3 Å². The second-order valence-electron chi connectivity index (χ2n) is 5.28. The van der Waals surface area contributed by atoms with Gasteiger partial charge in [0, 0.05) is 12.6 Å². The fourth-order valence-electron chi connectivity index (χ4n) is 2.35. The SMILES string of the molecule is Cc1cnc(Cl)nc1C(=O)N1CC(F)(F)CC[C@@H]1COC(N)=O. The molecule has 1 fully saturated rings. The van der Waals surface area contributed by atoms with Crippen LogP contribution in [0.4, 0.5) is 13.6 Å². The standard InChI is InChI=1S/C13H15ClF2N4O3/c1-7-4-18-11(14)19-9(7)10(21)20-6-13(15,16)3-2-8(20)5-23-12(17)22/h4,8H,2-3,5-6H2,1H3,(H2,17,22)/t8-/m1/s1. The van der Waals surface area contributed by atoms with E-state index in [-0.39, 0.29) is 24.0 Å². The molecule has 0 bridgehead atoms. The summed E-state index contributed by atoms with van der Waals surface area (Å²) in [5.41, 5.74) is 5.23. The van der Waals surface area contributed by atoms with Gasteiger partial charge in [0.15, 0.2) is 0 Å². The van der Waals surface area contributed by atoms with Crippen LogP contribution in [0, 0.1) is 6.92 Å². The molecular formula is C13H15ClF2N4O3. The Morgan fingerprint density at radius 2 is 2.26 bits per heavy atom. The number of halogens is 3. The first kappa shape index (κ1) is 17.3. The smallest absolute Gasteiger partial charge is 0.404 e. The van der Waals surface area contributed by atoms with Crippen molar-refractivity contribution >= 4 is 23.6 Å². The number of ether oxygens (including phenoxy) is 1. The number of nitrogens with two attached hydrogens (primary N) is 1. The zero-order valence-corrected chi connectivity index (χ0v) is 13.0. The summed E-state index contributed by atoms with van der Waals surface area (Å²) in [7, 11) is 0. The molecule has 23 heavy (non-hydrogen) atoms. The van der Waals surface area contributed by atoms with Crippen LogP contribution in [0.3, 0.4) is 0 Å². The Bertz CT molecular complexity index is 629. The summed E-state index contributed by atoms with van der Waals surface area (Å²) in [6.07, 6.45) is -0.132. The van der Waals surface area contributed by atoms with Crippen LogP contribution in [0.5, 0.6) is 0 Å². The molecule has 1 atom stereocenters. The van der Waals surface area contributed by atoms with Gasteiger partial charge in [-0.05, 0) is 30.5 Å². The topological polar surface area (TPSA) is 98.4 Å². The fraction of sp³-hybridized carbons (Fsp3) is 0.538. The van der Waals surface area contributed by atoms with Gasteiger partial charge < -0.3 is 15.4 Å². The Hall–Kier alpha value is -2.03. The molecule has 2 heterocycles. The number of primary amides is 1. The van der Waals surface area contributed by atoms with Gasteiger partial charge in [0.05, 0.1) is 12.6 Å². The lowest BCUT2D eigenvalue weighted by Crippen LogP contribution is -2.53. The Labute approximate surface area is 135 Å². The largest absolute Gasteiger partial charge is 0.448 e. The van der Waals surface area contributed by atoms with E-state index in [1.807, 2.05) is 0 Å². The average Bonchev–Trinajstić information content (AvgIpc) is 2.47. The monoisotopic (exact) mass is 348 g/mol. The molecule has 0 radical (unpaired) electrons. The predicted octanol–water partition coefficient (Wildman–Crippen LogP) is 1.77. The van der Waals surface area contributed by atoms with Gasteiger partial charge in [-0.15, -0.1) is 0 Å². The van der Waals surface area contributed by atoms with E-state index in [0.29, 0.717) is 5.56 Å². The van der Waals surface area contributed by atoms with Crippen molar-refractivity contribution in [3.8, 4) is 0 Å². The highest BCUT2D eigenvalue weighted by atomic mass is 35.5. The van der Waals surface area contributed by atoms with Crippen molar-refractivity contribution in [1.29, 1.82) is 0 Å². The van der Waals surface area contributed by atoms with Gasteiger partial charge in [-0.2, -0.15) is 0 Å². The second-order valence-corrected chi connectivity index (χ2v) is 5.62. The normalized spacial score (nSPS) is 20.2. The van der Waals surface area contributed by atoms with Gasteiger partial charge in [-0.3, -0.25) is 4.79 Å². The van der Waals surface area contributed by atoms with E-state index < -0.39 is 36.9 Å². The molecule has 10 heteroatoms. The third kappa shape index (κ3) is 4.25. The number of carbonyl (C=O) groups is 2. The van der Waals surface area contributed by atoms with Gasteiger partial charge in [0.1, 0.15) is 12.3 Å². The first-order valence-electron chi connectivity index (χ1n) is 6.80. The summed E-state index contributed by atoms with van der Waals surface area (Å²) in [6, 6.07) is -0.706. The molecular weight excluding hydrogens is 334 g/mol. The number of aromatic nitrogens is 2. The summed E-state index contributed by atoms with van der Waals surface area (Å²) >= 11 is 5.67. The van der Waals surface area contributed by atoms with Crippen LogP contribution in [0.15, 0.2) is 6.20 Å². The number of hydrogen-bond donors (Lipinski definition) is 1. The van der Waals surface area contributed by atoms with Crippen LogP contribution in [0.2, 0.25) is 5.28 Å². The molecule has 0 aromatic carbocycles. The highest BCUT2D eigenvalue weighted by molar-refractivity contribution is 6.28. The number of piperidine rings is 1. The van der Waals surface area contributed by atoms with Crippen molar-refractivity contribution < 1.29 is 23.1 Å². The summed E-state index contributed by atoms with van der Waals surface area (Å²) in [5.74, 6) is -3.74. The van der Waals surface area contributed by atoms with E-state index >= 15 is 0 Å². The number of alkyl halides is 2. The first-order valence-corrected chi connectivity index (χ1v) is 7.17. The Kier molecular flexibility index (Phi) is 4.98. The second kappa shape index (κ2) is 6.61. The average molecular weight is 349 g/mol. The summed E-state index contributed by atoms with van der Waals surface area (Å²) in [5, 5.41) is -0.160. The number of amides is 2. The molecule has 0 unspecified atom stereocenters. The van der Waals surface area contributed by atoms with Crippen LogP contribution in [-0.4, -0.2) is 52.0 Å². The zero-order chi connectivity index (χ0) is 17.2. The van der Waals surface area contributed by atoms with Crippen LogP contribution in [0.1, 0.15) is 28.9 Å². The van der Waals surface area contributed by atoms with Gasteiger partial charge in [0.25, 0.3) is 11.8 Å². The fourth-order valence-corrected chi connectivity index (χ4v) is 2.49. The molecule has 1 aliphatic rings. The number of rotatable bonds is 3. The number of likely N-dealkylation sites (tertiary alicyclic amines) is 1. The van der Waals surface area contributed by atoms with E-state index in [1.165, 1.54) is 6.20 Å². The molecule has 1 aromatic rings.